The minimum atomic E-state index is -0.833. The van der Waals surface area contributed by atoms with Gasteiger partial charge < -0.3 is 14.6 Å². The molecule has 4 rings (SSSR count). The maximum atomic E-state index is 12.1. The van der Waals surface area contributed by atoms with E-state index in [-0.39, 0.29) is 11.5 Å². The number of benzene rings is 1. The van der Waals surface area contributed by atoms with Crippen LogP contribution in [0.3, 0.4) is 0 Å². The number of fused-ring (bicyclic) bond motifs is 3. The van der Waals surface area contributed by atoms with E-state index in [9.17, 15) is 9.90 Å². The van der Waals surface area contributed by atoms with Crippen LogP contribution in [0.1, 0.15) is 54.9 Å². The predicted molar refractivity (Wildman–Crippen MR) is 120 cm³/mol. The van der Waals surface area contributed by atoms with Crippen molar-refractivity contribution in [2.75, 3.05) is 6.54 Å². The van der Waals surface area contributed by atoms with E-state index in [1.807, 2.05) is 13.1 Å². The summed E-state index contributed by atoms with van der Waals surface area (Å²) in [5.74, 6) is 0. The van der Waals surface area contributed by atoms with Gasteiger partial charge >= 0.3 is 6.09 Å². The minimum Gasteiger partial charge on any atom is -0.465 e. The molecule has 0 bridgehead atoms. The zero-order valence-electron chi connectivity index (χ0n) is 18.6. The van der Waals surface area contributed by atoms with Crippen LogP contribution in [0.4, 0.5) is 4.79 Å². The number of pyridine rings is 1. The first-order valence-electron chi connectivity index (χ1n) is 10.7. The number of carbonyl (C=O) groups is 1. The first-order valence-corrected chi connectivity index (χ1v) is 10.7. The van der Waals surface area contributed by atoms with Crippen LogP contribution in [0, 0.1) is 19.3 Å². The Balaban J connectivity index is 1.85. The lowest BCUT2D eigenvalue weighted by Gasteiger charge is -2.42. The molecule has 0 saturated carbocycles. The van der Waals surface area contributed by atoms with Gasteiger partial charge in [0.05, 0.1) is 6.04 Å². The topological polar surface area (TPSA) is 58.4 Å². The highest BCUT2D eigenvalue weighted by Gasteiger charge is 2.41. The molecule has 1 amide bonds. The minimum absolute atomic E-state index is 0.162. The molecular formula is C25H31N3O2. The molecule has 3 heterocycles. The summed E-state index contributed by atoms with van der Waals surface area (Å²) >= 11 is 0. The standard InChI is InChI=1S/C25H31N3O2/c1-16-6-9-20-19(14-16)22-21(11-13-28(24(29)30)23(22)25(3,4)5)27(20)12-10-18-8-7-17(2)26-15-18/h6-9,14-15,23H,10-13H2,1-5H3,(H,29,30). The quantitative estimate of drug-likeness (QED) is 0.624. The Labute approximate surface area is 178 Å². The fraction of sp³-hybridized carbons (Fsp3) is 0.440. The number of carboxylic acid groups (broad SMARTS) is 1. The van der Waals surface area contributed by atoms with E-state index >= 15 is 0 Å². The fourth-order valence-electron chi connectivity index (χ4n) is 4.88. The van der Waals surface area contributed by atoms with Gasteiger partial charge in [0, 0.05) is 53.6 Å². The van der Waals surface area contributed by atoms with Gasteiger partial charge in [0.15, 0.2) is 0 Å². The molecule has 5 heteroatoms. The van der Waals surface area contributed by atoms with Crippen molar-refractivity contribution < 1.29 is 9.90 Å². The molecule has 1 aliphatic rings. The monoisotopic (exact) mass is 405 g/mol. The molecule has 1 aromatic carbocycles. The SMILES string of the molecule is Cc1ccc2c(c1)c1c(n2CCc2ccc(C)nc2)CCN(C(=O)O)C1C(C)(C)C. The molecule has 0 saturated heterocycles. The highest BCUT2D eigenvalue weighted by Crippen LogP contribution is 2.46. The van der Waals surface area contributed by atoms with Gasteiger partial charge in [-0.25, -0.2) is 4.79 Å². The van der Waals surface area contributed by atoms with Crippen LogP contribution in [0.25, 0.3) is 10.9 Å². The maximum Gasteiger partial charge on any atom is 0.407 e. The lowest BCUT2D eigenvalue weighted by molar-refractivity contribution is 0.0758. The Morgan fingerprint density at radius 2 is 1.97 bits per heavy atom. The summed E-state index contributed by atoms with van der Waals surface area (Å²) in [6, 6.07) is 10.6. The molecule has 1 atom stereocenters. The maximum absolute atomic E-state index is 12.1. The Bertz CT molecular complexity index is 1090. The third-order valence-electron chi connectivity index (χ3n) is 6.21. The second-order valence-electron chi connectivity index (χ2n) is 9.58. The molecule has 1 unspecified atom stereocenters. The summed E-state index contributed by atoms with van der Waals surface area (Å²) in [4.78, 5) is 18.2. The van der Waals surface area contributed by atoms with Crippen LogP contribution >= 0.6 is 0 Å². The van der Waals surface area contributed by atoms with Gasteiger partial charge in [0.25, 0.3) is 0 Å². The summed E-state index contributed by atoms with van der Waals surface area (Å²) in [7, 11) is 0. The van der Waals surface area contributed by atoms with Crippen molar-refractivity contribution in [3.05, 3.63) is 64.6 Å². The zero-order valence-corrected chi connectivity index (χ0v) is 18.6. The van der Waals surface area contributed by atoms with Crippen molar-refractivity contribution in [1.82, 2.24) is 14.5 Å². The molecule has 0 aliphatic carbocycles. The Hall–Kier alpha value is -2.82. The van der Waals surface area contributed by atoms with E-state index in [2.05, 4.69) is 67.6 Å². The number of hydrogen-bond donors (Lipinski definition) is 1. The third-order valence-corrected chi connectivity index (χ3v) is 6.21. The van der Waals surface area contributed by atoms with Crippen molar-refractivity contribution in [2.45, 2.75) is 60.0 Å². The van der Waals surface area contributed by atoms with E-state index < -0.39 is 6.09 Å². The van der Waals surface area contributed by atoms with Crippen LogP contribution in [0.5, 0.6) is 0 Å². The number of nitrogens with zero attached hydrogens (tertiary/aromatic N) is 3. The Morgan fingerprint density at radius 1 is 1.20 bits per heavy atom. The zero-order chi connectivity index (χ0) is 21.6. The summed E-state index contributed by atoms with van der Waals surface area (Å²) < 4.78 is 2.42. The molecule has 5 nitrogen and oxygen atoms in total. The van der Waals surface area contributed by atoms with Gasteiger partial charge in [-0.2, -0.15) is 0 Å². The van der Waals surface area contributed by atoms with Gasteiger partial charge in [0.1, 0.15) is 0 Å². The summed E-state index contributed by atoms with van der Waals surface area (Å²) in [5, 5.41) is 11.1. The van der Waals surface area contributed by atoms with Crippen LogP contribution < -0.4 is 0 Å². The van der Waals surface area contributed by atoms with Gasteiger partial charge in [0.2, 0.25) is 0 Å². The second kappa shape index (κ2) is 7.46. The van der Waals surface area contributed by atoms with Crippen molar-refractivity contribution in [3.63, 3.8) is 0 Å². The van der Waals surface area contributed by atoms with Crippen LogP contribution in [-0.4, -0.2) is 32.2 Å². The lowest BCUT2D eigenvalue weighted by Crippen LogP contribution is -2.44. The molecule has 0 spiro atoms. The summed E-state index contributed by atoms with van der Waals surface area (Å²) in [6.07, 6.45) is 2.77. The van der Waals surface area contributed by atoms with Crippen molar-refractivity contribution in [2.24, 2.45) is 5.41 Å². The highest BCUT2D eigenvalue weighted by atomic mass is 16.4. The second-order valence-corrected chi connectivity index (χ2v) is 9.58. The van der Waals surface area contributed by atoms with Crippen molar-refractivity contribution in [1.29, 1.82) is 0 Å². The number of rotatable bonds is 3. The number of aryl methyl sites for hydroxylation is 4. The first-order chi connectivity index (χ1) is 14.2. The molecule has 1 N–H and O–H groups in total. The molecule has 0 fully saturated rings. The van der Waals surface area contributed by atoms with E-state index in [0.717, 1.165) is 25.1 Å². The van der Waals surface area contributed by atoms with Gasteiger partial charge in [-0.15, -0.1) is 0 Å². The van der Waals surface area contributed by atoms with E-state index in [1.54, 1.807) is 4.90 Å². The van der Waals surface area contributed by atoms with Crippen LogP contribution in [0.2, 0.25) is 0 Å². The number of aromatic nitrogens is 2. The third kappa shape index (κ3) is 3.57. The number of amides is 1. The molecule has 0 radical (unpaired) electrons. The van der Waals surface area contributed by atoms with E-state index in [1.165, 1.54) is 33.3 Å². The van der Waals surface area contributed by atoms with Gasteiger partial charge in [-0.3, -0.25) is 4.98 Å². The molecule has 30 heavy (non-hydrogen) atoms. The smallest absolute Gasteiger partial charge is 0.407 e. The van der Waals surface area contributed by atoms with Crippen molar-refractivity contribution >= 4 is 17.0 Å². The van der Waals surface area contributed by atoms with Gasteiger partial charge in [-0.05, 0) is 49.4 Å². The van der Waals surface area contributed by atoms with Crippen molar-refractivity contribution in [3.8, 4) is 0 Å². The summed E-state index contributed by atoms with van der Waals surface area (Å²) in [5.41, 5.74) is 6.93. The van der Waals surface area contributed by atoms with Gasteiger partial charge in [-0.1, -0.05) is 38.5 Å². The molecule has 1 aliphatic heterocycles. The fourth-order valence-corrected chi connectivity index (χ4v) is 4.88. The normalized spacial score (nSPS) is 16.7. The molecule has 3 aromatic rings. The lowest BCUT2D eigenvalue weighted by atomic mass is 9.78. The highest BCUT2D eigenvalue weighted by molar-refractivity contribution is 5.88. The largest absolute Gasteiger partial charge is 0.465 e. The first kappa shape index (κ1) is 20.5. The average molecular weight is 406 g/mol. The average Bonchev–Trinajstić information content (AvgIpc) is 2.99. The van der Waals surface area contributed by atoms with Crippen LogP contribution in [-0.2, 0) is 19.4 Å². The number of hydrogen-bond acceptors (Lipinski definition) is 2. The molecule has 2 aromatic heterocycles. The van der Waals surface area contributed by atoms with E-state index in [4.69, 9.17) is 0 Å². The van der Waals surface area contributed by atoms with E-state index in [0.29, 0.717) is 6.54 Å². The Kier molecular flexibility index (Phi) is 5.08. The van der Waals surface area contributed by atoms with Crippen LogP contribution in [0.15, 0.2) is 36.5 Å². The molecular weight excluding hydrogens is 374 g/mol. The summed E-state index contributed by atoms with van der Waals surface area (Å²) in [6.45, 7) is 11.9. The Morgan fingerprint density at radius 3 is 2.60 bits per heavy atom. The predicted octanol–water partition coefficient (Wildman–Crippen LogP) is 5.52. The molecule has 158 valence electrons.